The van der Waals surface area contributed by atoms with E-state index < -0.39 is 0 Å². The lowest BCUT2D eigenvalue weighted by molar-refractivity contribution is 0.298. The molecular formula is C11H8Br2N2O. The maximum Gasteiger partial charge on any atom is 0.152 e. The van der Waals surface area contributed by atoms with Crippen LogP contribution < -0.4 is 4.74 Å². The highest BCUT2D eigenvalue weighted by atomic mass is 79.9. The van der Waals surface area contributed by atoms with E-state index >= 15 is 0 Å². The Morgan fingerprint density at radius 1 is 1.12 bits per heavy atom. The van der Waals surface area contributed by atoms with Gasteiger partial charge in [0.1, 0.15) is 11.2 Å². The second-order valence-electron chi connectivity index (χ2n) is 3.05. The van der Waals surface area contributed by atoms with Crippen LogP contribution in [0.3, 0.4) is 0 Å². The molecule has 2 aromatic heterocycles. The third kappa shape index (κ3) is 3.02. The average Bonchev–Trinajstić information content (AvgIpc) is 2.30. The fourth-order valence-electron chi connectivity index (χ4n) is 1.12. The molecule has 0 fully saturated rings. The second kappa shape index (κ2) is 5.41. The predicted molar refractivity (Wildman–Crippen MR) is 68.2 cm³/mol. The summed E-state index contributed by atoms with van der Waals surface area (Å²) in [5.41, 5.74) is 0.874. The van der Waals surface area contributed by atoms with E-state index in [0.717, 1.165) is 10.2 Å². The molecule has 0 radical (unpaired) electrons. The van der Waals surface area contributed by atoms with E-state index in [-0.39, 0.29) is 0 Å². The van der Waals surface area contributed by atoms with Crippen LogP contribution in [0.5, 0.6) is 5.75 Å². The van der Waals surface area contributed by atoms with Gasteiger partial charge >= 0.3 is 0 Å². The molecule has 0 saturated carbocycles. The Hall–Kier alpha value is -0.940. The molecule has 0 aliphatic heterocycles. The van der Waals surface area contributed by atoms with Gasteiger partial charge in [0.2, 0.25) is 0 Å². The van der Waals surface area contributed by atoms with Gasteiger partial charge in [-0.1, -0.05) is 0 Å². The number of ether oxygens (including phenoxy) is 1. The highest BCUT2D eigenvalue weighted by Crippen LogP contribution is 2.21. The molecule has 16 heavy (non-hydrogen) atoms. The summed E-state index contributed by atoms with van der Waals surface area (Å²) in [6.07, 6.45) is 3.45. The molecule has 0 unspecified atom stereocenters. The van der Waals surface area contributed by atoms with Gasteiger partial charge in [-0.2, -0.15) is 0 Å². The maximum atomic E-state index is 5.58. The first-order valence-electron chi connectivity index (χ1n) is 4.59. The average molecular weight is 344 g/mol. The van der Waals surface area contributed by atoms with Gasteiger partial charge in [-0.05, 0) is 56.1 Å². The number of pyridine rings is 2. The molecule has 0 atom stereocenters. The first-order chi connectivity index (χ1) is 7.75. The fraction of sp³-hybridized carbons (Fsp3) is 0.0909. The number of aromatic nitrogens is 2. The van der Waals surface area contributed by atoms with Gasteiger partial charge in [0, 0.05) is 16.9 Å². The summed E-state index contributed by atoms with van der Waals surface area (Å²) in [5.74, 6) is 0.715. The standard InChI is InChI=1S/C11H8Br2N2O/c12-8-3-4-9(15-6-8)7-16-10-2-1-5-14-11(10)13/h1-6H,7H2. The van der Waals surface area contributed by atoms with Crippen LogP contribution in [0, 0.1) is 0 Å². The van der Waals surface area contributed by atoms with Crippen molar-refractivity contribution < 1.29 is 4.74 Å². The highest BCUT2D eigenvalue weighted by molar-refractivity contribution is 9.10. The largest absolute Gasteiger partial charge is 0.484 e. The van der Waals surface area contributed by atoms with Crippen LogP contribution in [0.2, 0.25) is 0 Å². The van der Waals surface area contributed by atoms with Crippen LogP contribution in [0.15, 0.2) is 45.7 Å². The van der Waals surface area contributed by atoms with E-state index in [4.69, 9.17) is 4.74 Å². The lowest BCUT2D eigenvalue weighted by Crippen LogP contribution is -1.98. The van der Waals surface area contributed by atoms with E-state index in [2.05, 4.69) is 41.8 Å². The Morgan fingerprint density at radius 3 is 2.69 bits per heavy atom. The Labute approximate surface area is 110 Å². The van der Waals surface area contributed by atoms with Crippen LogP contribution in [0.4, 0.5) is 0 Å². The molecule has 0 amide bonds. The Morgan fingerprint density at radius 2 is 2.00 bits per heavy atom. The molecule has 0 aromatic carbocycles. The van der Waals surface area contributed by atoms with Crippen molar-refractivity contribution in [2.75, 3.05) is 0 Å². The Kier molecular flexibility index (Phi) is 3.90. The van der Waals surface area contributed by atoms with Gasteiger partial charge in [0.25, 0.3) is 0 Å². The molecule has 2 heterocycles. The van der Waals surface area contributed by atoms with Crippen molar-refractivity contribution in [1.82, 2.24) is 9.97 Å². The van der Waals surface area contributed by atoms with E-state index in [9.17, 15) is 0 Å². The zero-order chi connectivity index (χ0) is 11.4. The molecular weight excluding hydrogens is 336 g/mol. The van der Waals surface area contributed by atoms with Crippen molar-refractivity contribution in [2.24, 2.45) is 0 Å². The first-order valence-corrected chi connectivity index (χ1v) is 6.18. The second-order valence-corrected chi connectivity index (χ2v) is 4.72. The van der Waals surface area contributed by atoms with Crippen molar-refractivity contribution in [1.29, 1.82) is 0 Å². The zero-order valence-corrected chi connectivity index (χ0v) is 11.4. The summed E-state index contributed by atoms with van der Waals surface area (Å²) < 4.78 is 7.23. The number of hydrogen-bond donors (Lipinski definition) is 0. The quantitative estimate of drug-likeness (QED) is 0.799. The molecule has 82 valence electrons. The third-order valence-corrected chi connectivity index (χ3v) is 2.95. The summed E-state index contributed by atoms with van der Waals surface area (Å²) >= 11 is 6.65. The molecule has 5 heteroatoms. The Bertz CT molecular complexity index is 474. The minimum absolute atomic E-state index is 0.428. The molecule has 0 aliphatic carbocycles. The monoisotopic (exact) mass is 342 g/mol. The molecule has 0 N–H and O–H groups in total. The summed E-state index contributed by atoms with van der Waals surface area (Å²) in [6, 6.07) is 7.53. The molecule has 2 rings (SSSR count). The van der Waals surface area contributed by atoms with E-state index in [1.54, 1.807) is 12.4 Å². The maximum absolute atomic E-state index is 5.58. The van der Waals surface area contributed by atoms with E-state index in [0.29, 0.717) is 17.0 Å². The summed E-state index contributed by atoms with van der Waals surface area (Å²) in [4.78, 5) is 8.28. The van der Waals surface area contributed by atoms with Crippen molar-refractivity contribution in [3.05, 3.63) is 51.4 Å². The lowest BCUT2D eigenvalue weighted by atomic mass is 10.4. The number of rotatable bonds is 3. The van der Waals surface area contributed by atoms with Crippen LogP contribution in [-0.2, 0) is 6.61 Å². The van der Waals surface area contributed by atoms with Crippen molar-refractivity contribution in [3.8, 4) is 5.75 Å². The smallest absolute Gasteiger partial charge is 0.152 e. The van der Waals surface area contributed by atoms with Gasteiger partial charge in [0.15, 0.2) is 5.75 Å². The van der Waals surface area contributed by atoms with Gasteiger partial charge in [-0.3, -0.25) is 4.98 Å². The zero-order valence-electron chi connectivity index (χ0n) is 8.23. The van der Waals surface area contributed by atoms with Crippen LogP contribution >= 0.6 is 31.9 Å². The number of hydrogen-bond acceptors (Lipinski definition) is 3. The minimum Gasteiger partial charge on any atom is -0.484 e. The molecule has 2 aromatic rings. The normalized spacial score (nSPS) is 10.1. The van der Waals surface area contributed by atoms with Gasteiger partial charge in [-0.15, -0.1) is 0 Å². The van der Waals surface area contributed by atoms with Crippen LogP contribution in [0.25, 0.3) is 0 Å². The molecule has 3 nitrogen and oxygen atoms in total. The van der Waals surface area contributed by atoms with Gasteiger partial charge in [-0.25, -0.2) is 4.98 Å². The van der Waals surface area contributed by atoms with Gasteiger partial charge < -0.3 is 4.74 Å². The summed E-state index contributed by atoms with van der Waals surface area (Å²) in [7, 11) is 0. The topological polar surface area (TPSA) is 35.0 Å². The molecule has 0 aliphatic rings. The van der Waals surface area contributed by atoms with Crippen LogP contribution in [-0.4, -0.2) is 9.97 Å². The number of nitrogens with zero attached hydrogens (tertiary/aromatic N) is 2. The summed E-state index contributed by atoms with van der Waals surface area (Å²) in [5, 5.41) is 0. The molecule has 0 spiro atoms. The van der Waals surface area contributed by atoms with Crippen molar-refractivity contribution in [2.45, 2.75) is 6.61 Å². The molecule has 0 saturated heterocycles. The van der Waals surface area contributed by atoms with E-state index in [1.807, 2.05) is 24.3 Å². The van der Waals surface area contributed by atoms with Gasteiger partial charge in [0.05, 0.1) is 5.69 Å². The SMILES string of the molecule is Brc1ccc(COc2cccnc2Br)nc1. The molecule has 0 bridgehead atoms. The summed E-state index contributed by atoms with van der Waals surface area (Å²) in [6.45, 7) is 0.428. The third-order valence-electron chi connectivity index (χ3n) is 1.89. The Balaban J connectivity index is 2.02. The van der Waals surface area contributed by atoms with Crippen LogP contribution in [0.1, 0.15) is 5.69 Å². The van der Waals surface area contributed by atoms with E-state index in [1.165, 1.54) is 0 Å². The first kappa shape index (κ1) is 11.5. The van der Waals surface area contributed by atoms with Crippen molar-refractivity contribution >= 4 is 31.9 Å². The minimum atomic E-state index is 0.428. The highest BCUT2D eigenvalue weighted by Gasteiger charge is 2.01. The predicted octanol–water partition coefficient (Wildman–Crippen LogP) is 3.58. The van der Waals surface area contributed by atoms with Crippen molar-refractivity contribution in [3.63, 3.8) is 0 Å². The number of halogens is 2. The fourth-order valence-corrected chi connectivity index (χ4v) is 1.72. The lowest BCUT2D eigenvalue weighted by Gasteiger charge is -2.06.